The van der Waals surface area contributed by atoms with Crippen LogP contribution in [0.5, 0.6) is 0 Å². The van der Waals surface area contributed by atoms with Crippen LogP contribution >= 0.6 is 0 Å². The van der Waals surface area contributed by atoms with E-state index in [4.69, 9.17) is 10.5 Å². The summed E-state index contributed by atoms with van der Waals surface area (Å²) in [6.45, 7) is 3.84. The van der Waals surface area contributed by atoms with Gasteiger partial charge in [-0.1, -0.05) is 0 Å². The van der Waals surface area contributed by atoms with Crippen molar-refractivity contribution >= 4 is 11.8 Å². The molecule has 0 saturated carbocycles. The van der Waals surface area contributed by atoms with Crippen LogP contribution in [-0.4, -0.2) is 29.2 Å². The van der Waals surface area contributed by atoms with E-state index in [1.807, 2.05) is 6.07 Å². The molecule has 0 amide bonds. The molecule has 2 unspecified atom stereocenters. The number of nitrogens with zero attached hydrogens (tertiary/aromatic N) is 2. The number of nitrogens with one attached hydrogen (secondary N) is 1. The Hall–Kier alpha value is -1.36. The Morgan fingerprint density at radius 1 is 1.67 bits per heavy atom. The number of aromatic nitrogens is 2. The molecule has 1 aliphatic rings. The topological polar surface area (TPSA) is 73.1 Å². The van der Waals surface area contributed by atoms with Gasteiger partial charge in [0, 0.05) is 25.3 Å². The van der Waals surface area contributed by atoms with E-state index in [0.717, 1.165) is 25.4 Å². The van der Waals surface area contributed by atoms with E-state index in [-0.39, 0.29) is 0 Å². The first kappa shape index (κ1) is 10.2. The van der Waals surface area contributed by atoms with Crippen molar-refractivity contribution in [1.82, 2.24) is 9.97 Å². The summed E-state index contributed by atoms with van der Waals surface area (Å²) in [4.78, 5) is 7.91. The van der Waals surface area contributed by atoms with Crippen LogP contribution < -0.4 is 11.1 Å². The van der Waals surface area contributed by atoms with Gasteiger partial charge in [0.2, 0.25) is 5.95 Å². The van der Waals surface area contributed by atoms with Gasteiger partial charge in [0.05, 0.1) is 6.10 Å². The van der Waals surface area contributed by atoms with Crippen molar-refractivity contribution in [2.45, 2.75) is 19.4 Å². The lowest BCUT2D eigenvalue weighted by Crippen LogP contribution is -2.21. The maximum atomic E-state index is 5.48. The summed E-state index contributed by atoms with van der Waals surface area (Å²) in [5.74, 6) is 1.64. The third kappa shape index (κ3) is 2.56. The van der Waals surface area contributed by atoms with E-state index in [1.54, 1.807) is 6.20 Å². The standard InChI is InChI=1S/C10H16N4O/c1-7-8(3-5-15-7)6-13-9-2-4-12-10(11)14-9/h2,4,7-8H,3,5-6H2,1H3,(H3,11,12,13,14). The summed E-state index contributed by atoms with van der Waals surface area (Å²) in [7, 11) is 0. The third-order valence-electron chi connectivity index (χ3n) is 2.75. The molecule has 15 heavy (non-hydrogen) atoms. The molecule has 1 fully saturated rings. The maximum Gasteiger partial charge on any atom is 0.221 e. The second-order valence-corrected chi connectivity index (χ2v) is 3.81. The molecule has 2 rings (SSSR count). The maximum absolute atomic E-state index is 5.48. The van der Waals surface area contributed by atoms with E-state index in [2.05, 4.69) is 22.2 Å². The minimum absolute atomic E-state index is 0.302. The monoisotopic (exact) mass is 208 g/mol. The lowest BCUT2D eigenvalue weighted by Gasteiger charge is -2.14. The average molecular weight is 208 g/mol. The highest BCUT2D eigenvalue weighted by Gasteiger charge is 2.23. The fraction of sp³-hybridized carbons (Fsp3) is 0.600. The number of ether oxygens (including phenoxy) is 1. The van der Waals surface area contributed by atoms with Crippen molar-refractivity contribution in [3.8, 4) is 0 Å². The molecule has 1 aromatic rings. The zero-order chi connectivity index (χ0) is 10.7. The molecule has 0 radical (unpaired) electrons. The van der Waals surface area contributed by atoms with E-state index in [9.17, 15) is 0 Å². The van der Waals surface area contributed by atoms with Crippen LogP contribution in [0.4, 0.5) is 11.8 Å². The van der Waals surface area contributed by atoms with E-state index in [0.29, 0.717) is 18.0 Å². The zero-order valence-electron chi connectivity index (χ0n) is 8.81. The molecule has 2 atom stereocenters. The molecule has 1 saturated heterocycles. The van der Waals surface area contributed by atoms with Crippen molar-refractivity contribution in [2.75, 3.05) is 24.2 Å². The lowest BCUT2D eigenvalue weighted by atomic mass is 10.0. The van der Waals surface area contributed by atoms with Gasteiger partial charge < -0.3 is 15.8 Å². The molecule has 3 N–H and O–H groups in total. The summed E-state index contributed by atoms with van der Waals surface area (Å²) < 4.78 is 5.48. The summed E-state index contributed by atoms with van der Waals surface area (Å²) >= 11 is 0. The average Bonchev–Trinajstić information content (AvgIpc) is 2.61. The van der Waals surface area contributed by atoms with Gasteiger partial charge >= 0.3 is 0 Å². The Morgan fingerprint density at radius 3 is 3.20 bits per heavy atom. The van der Waals surface area contributed by atoms with Gasteiger partial charge in [-0.3, -0.25) is 0 Å². The van der Waals surface area contributed by atoms with E-state index >= 15 is 0 Å². The van der Waals surface area contributed by atoms with Gasteiger partial charge in [0.15, 0.2) is 0 Å². The molecule has 1 aliphatic heterocycles. The molecule has 5 heteroatoms. The fourth-order valence-corrected chi connectivity index (χ4v) is 1.75. The van der Waals surface area contributed by atoms with Crippen molar-refractivity contribution in [3.63, 3.8) is 0 Å². The van der Waals surface area contributed by atoms with Gasteiger partial charge in [-0.15, -0.1) is 0 Å². The smallest absolute Gasteiger partial charge is 0.221 e. The minimum Gasteiger partial charge on any atom is -0.378 e. The van der Waals surface area contributed by atoms with Gasteiger partial charge in [-0.25, -0.2) is 4.98 Å². The van der Waals surface area contributed by atoms with Crippen LogP contribution in [-0.2, 0) is 4.74 Å². The Morgan fingerprint density at radius 2 is 2.53 bits per heavy atom. The van der Waals surface area contributed by atoms with Crippen LogP contribution in [0, 0.1) is 5.92 Å². The highest BCUT2D eigenvalue weighted by atomic mass is 16.5. The molecule has 0 spiro atoms. The second kappa shape index (κ2) is 4.44. The molecule has 5 nitrogen and oxygen atoms in total. The first-order valence-corrected chi connectivity index (χ1v) is 5.19. The minimum atomic E-state index is 0.302. The summed E-state index contributed by atoms with van der Waals surface area (Å²) in [5, 5.41) is 3.25. The highest BCUT2D eigenvalue weighted by Crippen LogP contribution is 2.20. The molecular weight excluding hydrogens is 192 g/mol. The Bertz CT molecular complexity index is 331. The quantitative estimate of drug-likeness (QED) is 0.772. The lowest BCUT2D eigenvalue weighted by molar-refractivity contribution is 0.108. The van der Waals surface area contributed by atoms with Crippen LogP contribution in [0.1, 0.15) is 13.3 Å². The predicted octanol–water partition coefficient (Wildman–Crippen LogP) is 0.896. The number of hydrogen-bond donors (Lipinski definition) is 2. The number of anilines is 2. The van der Waals surface area contributed by atoms with Crippen LogP contribution in [0.2, 0.25) is 0 Å². The number of hydrogen-bond acceptors (Lipinski definition) is 5. The molecular formula is C10H16N4O. The Balaban J connectivity index is 1.87. The molecule has 1 aromatic heterocycles. The largest absolute Gasteiger partial charge is 0.378 e. The summed E-state index contributed by atoms with van der Waals surface area (Å²) in [6, 6.07) is 1.82. The predicted molar refractivity (Wildman–Crippen MR) is 58.5 cm³/mol. The van der Waals surface area contributed by atoms with Gasteiger partial charge in [0.1, 0.15) is 5.82 Å². The van der Waals surface area contributed by atoms with Crippen molar-refractivity contribution in [1.29, 1.82) is 0 Å². The number of nitrogen functional groups attached to an aromatic ring is 1. The van der Waals surface area contributed by atoms with Crippen LogP contribution in [0.25, 0.3) is 0 Å². The normalized spacial score (nSPS) is 25.4. The number of rotatable bonds is 3. The molecule has 82 valence electrons. The van der Waals surface area contributed by atoms with Crippen LogP contribution in [0.3, 0.4) is 0 Å². The first-order chi connectivity index (χ1) is 7.25. The Labute approximate surface area is 89.1 Å². The molecule has 2 heterocycles. The third-order valence-corrected chi connectivity index (χ3v) is 2.75. The van der Waals surface area contributed by atoms with Gasteiger partial charge in [-0.2, -0.15) is 4.98 Å². The van der Waals surface area contributed by atoms with E-state index in [1.165, 1.54) is 0 Å². The zero-order valence-corrected chi connectivity index (χ0v) is 8.81. The fourth-order valence-electron chi connectivity index (χ4n) is 1.75. The Kier molecular flexibility index (Phi) is 3.01. The summed E-state index contributed by atoms with van der Waals surface area (Å²) in [5.41, 5.74) is 5.48. The molecule has 0 aliphatic carbocycles. The van der Waals surface area contributed by atoms with Crippen molar-refractivity contribution in [2.24, 2.45) is 5.92 Å². The van der Waals surface area contributed by atoms with Gasteiger partial charge in [0.25, 0.3) is 0 Å². The first-order valence-electron chi connectivity index (χ1n) is 5.19. The second-order valence-electron chi connectivity index (χ2n) is 3.81. The van der Waals surface area contributed by atoms with Crippen molar-refractivity contribution < 1.29 is 4.74 Å². The molecule has 0 aromatic carbocycles. The number of nitrogens with two attached hydrogens (primary N) is 1. The van der Waals surface area contributed by atoms with Crippen molar-refractivity contribution in [3.05, 3.63) is 12.3 Å². The highest BCUT2D eigenvalue weighted by molar-refractivity contribution is 5.37. The SMILES string of the molecule is CC1OCCC1CNc1ccnc(N)n1. The van der Waals surface area contributed by atoms with E-state index < -0.39 is 0 Å². The molecule has 0 bridgehead atoms. The van der Waals surface area contributed by atoms with Gasteiger partial charge in [-0.05, 0) is 19.4 Å². The summed E-state index contributed by atoms with van der Waals surface area (Å²) in [6.07, 6.45) is 3.09. The van der Waals surface area contributed by atoms with Crippen LogP contribution in [0.15, 0.2) is 12.3 Å².